The Morgan fingerprint density at radius 3 is 2.84 bits per heavy atom. The summed E-state index contributed by atoms with van der Waals surface area (Å²) in [5.74, 6) is -0.220. The molecule has 3 rings (SSSR count). The quantitative estimate of drug-likeness (QED) is 0.799. The van der Waals surface area contributed by atoms with Crippen molar-refractivity contribution in [1.29, 1.82) is 0 Å². The molecule has 100 valence electrons. The normalized spacial score (nSPS) is 27.3. The van der Waals surface area contributed by atoms with Crippen molar-refractivity contribution in [3.8, 4) is 0 Å². The number of hydrogen-bond acceptors (Lipinski definition) is 3. The number of imide groups is 1. The van der Waals surface area contributed by atoms with E-state index in [0.29, 0.717) is 23.7 Å². The highest BCUT2D eigenvalue weighted by Crippen LogP contribution is 2.40. The smallest absolute Gasteiger partial charge is 0.241 e. The maximum absolute atomic E-state index is 12.6. The van der Waals surface area contributed by atoms with Crippen LogP contribution in [0, 0.1) is 5.41 Å². The van der Waals surface area contributed by atoms with E-state index in [1.165, 1.54) is 4.90 Å². The highest BCUT2D eigenvalue weighted by atomic mass is 35.5. The molecule has 1 N–H and O–H groups in total. The zero-order valence-electron chi connectivity index (χ0n) is 10.5. The molecule has 0 radical (unpaired) electrons. The number of carbonyl (C=O) groups excluding carboxylic acids is 2. The van der Waals surface area contributed by atoms with Gasteiger partial charge in [0.2, 0.25) is 11.8 Å². The number of halogens is 1. The number of nitrogens with zero attached hydrogens (tertiary/aromatic N) is 1. The van der Waals surface area contributed by atoms with Crippen LogP contribution >= 0.6 is 11.6 Å². The average Bonchev–Trinajstić information content (AvgIpc) is 2.62. The van der Waals surface area contributed by atoms with Gasteiger partial charge in [-0.05, 0) is 37.6 Å². The predicted octanol–water partition coefficient (Wildman–Crippen LogP) is 1.97. The predicted molar refractivity (Wildman–Crippen MR) is 73.1 cm³/mol. The fourth-order valence-corrected chi connectivity index (χ4v) is 3.16. The Morgan fingerprint density at radius 2 is 2.16 bits per heavy atom. The van der Waals surface area contributed by atoms with Gasteiger partial charge in [-0.25, -0.2) is 4.90 Å². The molecule has 0 bridgehead atoms. The molecule has 2 amide bonds. The molecule has 5 heteroatoms. The van der Waals surface area contributed by atoms with Gasteiger partial charge in [0.05, 0.1) is 11.1 Å². The molecule has 2 saturated heterocycles. The third kappa shape index (κ3) is 2.05. The van der Waals surface area contributed by atoms with Crippen LogP contribution in [0.5, 0.6) is 0 Å². The van der Waals surface area contributed by atoms with Crippen LogP contribution in [-0.2, 0) is 9.59 Å². The van der Waals surface area contributed by atoms with Gasteiger partial charge in [-0.3, -0.25) is 9.59 Å². The maximum atomic E-state index is 12.6. The van der Waals surface area contributed by atoms with Crippen molar-refractivity contribution >= 4 is 29.1 Å². The second-order valence-corrected chi connectivity index (χ2v) is 5.69. The minimum atomic E-state index is -0.544. The number of carbonyl (C=O) groups is 2. The molecule has 1 spiro atoms. The van der Waals surface area contributed by atoms with Crippen molar-refractivity contribution in [3.63, 3.8) is 0 Å². The summed E-state index contributed by atoms with van der Waals surface area (Å²) in [7, 11) is 0. The summed E-state index contributed by atoms with van der Waals surface area (Å²) in [6.07, 6.45) is 2.01. The molecule has 0 saturated carbocycles. The lowest BCUT2D eigenvalue weighted by Gasteiger charge is -2.31. The van der Waals surface area contributed by atoms with Gasteiger partial charge in [-0.1, -0.05) is 17.7 Å². The van der Waals surface area contributed by atoms with E-state index >= 15 is 0 Å². The van der Waals surface area contributed by atoms with Crippen molar-refractivity contribution in [3.05, 3.63) is 29.3 Å². The first-order valence-corrected chi connectivity index (χ1v) is 6.84. The Bertz CT molecular complexity index is 538. The number of benzene rings is 1. The van der Waals surface area contributed by atoms with Crippen molar-refractivity contribution in [2.75, 3.05) is 18.0 Å². The number of piperidine rings is 1. The fourth-order valence-electron chi connectivity index (χ4n) is 2.97. The molecule has 1 aromatic carbocycles. The summed E-state index contributed by atoms with van der Waals surface area (Å²) < 4.78 is 0. The van der Waals surface area contributed by atoms with Crippen LogP contribution < -0.4 is 10.2 Å². The molecule has 1 aromatic rings. The molecule has 1 unspecified atom stereocenters. The molecule has 19 heavy (non-hydrogen) atoms. The monoisotopic (exact) mass is 278 g/mol. The number of rotatable bonds is 1. The SMILES string of the molecule is O=C1CC2(CCCNC2)C(=O)N1c1cccc(Cl)c1. The Labute approximate surface area is 116 Å². The van der Waals surface area contributed by atoms with E-state index < -0.39 is 5.41 Å². The number of hydrogen-bond donors (Lipinski definition) is 1. The number of amides is 2. The molecular weight excluding hydrogens is 264 g/mol. The van der Waals surface area contributed by atoms with Crippen molar-refractivity contribution in [1.82, 2.24) is 5.32 Å². The van der Waals surface area contributed by atoms with Gasteiger partial charge in [0.15, 0.2) is 0 Å². The summed E-state index contributed by atoms with van der Waals surface area (Å²) in [5, 5.41) is 3.75. The highest BCUT2D eigenvalue weighted by molar-refractivity contribution is 6.31. The Kier molecular flexibility index (Phi) is 3.07. The second-order valence-electron chi connectivity index (χ2n) is 5.25. The minimum absolute atomic E-state index is 0.0908. The summed E-state index contributed by atoms with van der Waals surface area (Å²) in [4.78, 5) is 26.1. The lowest BCUT2D eigenvalue weighted by atomic mass is 9.79. The van der Waals surface area contributed by atoms with Gasteiger partial charge in [0.1, 0.15) is 0 Å². The lowest BCUT2D eigenvalue weighted by Crippen LogP contribution is -2.45. The second kappa shape index (κ2) is 4.62. The standard InChI is InChI=1S/C14H15ClN2O2/c15-10-3-1-4-11(7-10)17-12(18)8-14(13(17)19)5-2-6-16-9-14/h1,3-4,7,16H,2,5-6,8-9H2. The van der Waals surface area contributed by atoms with E-state index in [1.807, 2.05) is 0 Å². The zero-order valence-corrected chi connectivity index (χ0v) is 11.2. The molecular formula is C14H15ClN2O2. The van der Waals surface area contributed by atoms with E-state index in [1.54, 1.807) is 24.3 Å². The Hall–Kier alpha value is -1.39. The van der Waals surface area contributed by atoms with Gasteiger partial charge in [-0.2, -0.15) is 0 Å². The Balaban J connectivity index is 1.95. The van der Waals surface area contributed by atoms with Crippen molar-refractivity contribution in [2.45, 2.75) is 19.3 Å². The van der Waals surface area contributed by atoms with Crippen LogP contribution in [0.2, 0.25) is 5.02 Å². The first-order chi connectivity index (χ1) is 9.12. The molecule has 0 aliphatic carbocycles. The zero-order chi connectivity index (χ0) is 13.5. The molecule has 2 aliphatic heterocycles. The van der Waals surface area contributed by atoms with Gasteiger partial charge in [0.25, 0.3) is 0 Å². The van der Waals surface area contributed by atoms with E-state index in [4.69, 9.17) is 11.6 Å². The van der Waals surface area contributed by atoms with Gasteiger partial charge in [-0.15, -0.1) is 0 Å². The highest BCUT2D eigenvalue weighted by Gasteiger charge is 2.52. The topological polar surface area (TPSA) is 49.4 Å². The van der Waals surface area contributed by atoms with E-state index in [9.17, 15) is 9.59 Å². The van der Waals surface area contributed by atoms with Gasteiger partial charge in [0, 0.05) is 18.0 Å². The first-order valence-electron chi connectivity index (χ1n) is 6.46. The van der Waals surface area contributed by atoms with E-state index in [-0.39, 0.29) is 11.8 Å². The minimum Gasteiger partial charge on any atom is -0.316 e. The van der Waals surface area contributed by atoms with Crippen LogP contribution in [0.3, 0.4) is 0 Å². The lowest BCUT2D eigenvalue weighted by molar-refractivity contribution is -0.126. The molecule has 2 aliphatic rings. The maximum Gasteiger partial charge on any atom is 0.241 e. The summed E-state index contributed by atoms with van der Waals surface area (Å²) >= 11 is 5.93. The van der Waals surface area contributed by atoms with Gasteiger partial charge < -0.3 is 5.32 Å². The van der Waals surface area contributed by atoms with Crippen LogP contribution in [0.15, 0.2) is 24.3 Å². The molecule has 0 aromatic heterocycles. The van der Waals surface area contributed by atoms with E-state index in [2.05, 4.69) is 5.32 Å². The van der Waals surface area contributed by atoms with Crippen LogP contribution in [0.4, 0.5) is 5.69 Å². The van der Waals surface area contributed by atoms with Crippen LogP contribution in [-0.4, -0.2) is 24.9 Å². The average molecular weight is 279 g/mol. The third-order valence-corrected chi connectivity index (χ3v) is 4.17. The number of anilines is 1. The summed E-state index contributed by atoms with van der Waals surface area (Å²) in [6.45, 7) is 1.51. The van der Waals surface area contributed by atoms with Crippen molar-refractivity contribution < 1.29 is 9.59 Å². The van der Waals surface area contributed by atoms with Crippen LogP contribution in [0.25, 0.3) is 0 Å². The summed E-state index contributed by atoms with van der Waals surface area (Å²) in [6, 6.07) is 6.89. The molecule has 2 heterocycles. The molecule has 2 fully saturated rings. The van der Waals surface area contributed by atoms with Crippen molar-refractivity contribution in [2.24, 2.45) is 5.41 Å². The first kappa shape index (κ1) is 12.6. The Morgan fingerprint density at radius 1 is 1.32 bits per heavy atom. The fraction of sp³-hybridized carbons (Fsp3) is 0.429. The molecule has 1 atom stereocenters. The number of nitrogens with one attached hydrogen (secondary N) is 1. The van der Waals surface area contributed by atoms with E-state index in [0.717, 1.165) is 19.4 Å². The third-order valence-electron chi connectivity index (χ3n) is 3.93. The summed E-state index contributed by atoms with van der Waals surface area (Å²) in [5.41, 5.74) is 0.0300. The van der Waals surface area contributed by atoms with Crippen LogP contribution in [0.1, 0.15) is 19.3 Å². The molecule has 4 nitrogen and oxygen atoms in total. The van der Waals surface area contributed by atoms with Gasteiger partial charge >= 0.3 is 0 Å². The largest absolute Gasteiger partial charge is 0.316 e.